The molecule has 0 aliphatic heterocycles. The molecule has 4 rings (SSSR count). The number of anilines is 3. The molecule has 0 radical (unpaired) electrons. The van der Waals surface area contributed by atoms with E-state index in [1.807, 2.05) is 0 Å². The smallest absolute Gasteiger partial charge is 0.267 e. The number of hydrogen-bond acceptors (Lipinski definition) is 8. The number of nitrogens with two attached hydrogens (primary N) is 2. The molecule has 0 unspecified atom stereocenters. The standard InChI is InChI=1S/C19H15Cl2FN8O/c1-8(26-16-14(21)15(23)28-19(24)29-16)17-27-12-4-2-3-11(20)13(12)18(31)30(17)10-5-9(22)6-25-7-10/h2-8H,1H3,(H5,23,24,26,28,29)/t8-/m0/s1. The first kappa shape index (κ1) is 20.8. The summed E-state index contributed by atoms with van der Waals surface area (Å²) in [5, 5.41) is 3.50. The minimum Gasteiger partial charge on any atom is -0.382 e. The Kier molecular flexibility index (Phi) is 5.34. The molecule has 0 spiro atoms. The first-order chi connectivity index (χ1) is 14.8. The van der Waals surface area contributed by atoms with E-state index in [1.165, 1.54) is 16.8 Å². The second-order valence-corrected chi connectivity index (χ2v) is 7.39. The summed E-state index contributed by atoms with van der Waals surface area (Å²) >= 11 is 12.4. The van der Waals surface area contributed by atoms with Crippen LogP contribution in [-0.2, 0) is 0 Å². The molecule has 3 heterocycles. The van der Waals surface area contributed by atoms with Gasteiger partial charge in [0.1, 0.15) is 22.5 Å². The van der Waals surface area contributed by atoms with Crippen molar-refractivity contribution in [2.75, 3.05) is 16.8 Å². The molecule has 0 aliphatic carbocycles. The van der Waals surface area contributed by atoms with Crippen LogP contribution in [0, 0.1) is 5.82 Å². The van der Waals surface area contributed by atoms with Crippen molar-refractivity contribution in [3.05, 3.63) is 68.7 Å². The molecule has 1 aromatic carbocycles. The summed E-state index contributed by atoms with van der Waals surface area (Å²) in [6.07, 6.45) is 2.38. The third kappa shape index (κ3) is 3.82. The molecule has 31 heavy (non-hydrogen) atoms. The van der Waals surface area contributed by atoms with Gasteiger partial charge >= 0.3 is 0 Å². The van der Waals surface area contributed by atoms with E-state index in [4.69, 9.17) is 34.7 Å². The molecular formula is C19H15Cl2FN8O. The summed E-state index contributed by atoms with van der Waals surface area (Å²) in [6, 6.07) is 5.43. The Bertz CT molecular complexity index is 1380. The lowest BCUT2D eigenvalue weighted by molar-refractivity contribution is 0.617. The van der Waals surface area contributed by atoms with E-state index < -0.39 is 17.4 Å². The molecule has 4 aromatic rings. The molecule has 5 N–H and O–H groups in total. The van der Waals surface area contributed by atoms with E-state index in [2.05, 4.69) is 25.3 Å². The highest BCUT2D eigenvalue weighted by Crippen LogP contribution is 2.29. The van der Waals surface area contributed by atoms with Gasteiger partial charge in [-0.15, -0.1) is 0 Å². The van der Waals surface area contributed by atoms with Gasteiger partial charge in [-0.25, -0.2) is 9.37 Å². The number of benzene rings is 1. The van der Waals surface area contributed by atoms with Crippen LogP contribution in [0.3, 0.4) is 0 Å². The van der Waals surface area contributed by atoms with Crippen molar-refractivity contribution in [1.82, 2.24) is 24.5 Å². The van der Waals surface area contributed by atoms with Gasteiger partial charge in [0.2, 0.25) is 5.95 Å². The fraction of sp³-hybridized carbons (Fsp3) is 0.105. The van der Waals surface area contributed by atoms with Gasteiger partial charge in [-0.3, -0.25) is 14.3 Å². The van der Waals surface area contributed by atoms with E-state index in [9.17, 15) is 9.18 Å². The van der Waals surface area contributed by atoms with E-state index in [0.717, 1.165) is 6.20 Å². The highest BCUT2D eigenvalue weighted by atomic mass is 35.5. The van der Waals surface area contributed by atoms with Crippen molar-refractivity contribution in [3.8, 4) is 5.69 Å². The molecular weight excluding hydrogens is 446 g/mol. The zero-order chi connectivity index (χ0) is 22.3. The normalized spacial score (nSPS) is 12.1. The number of nitrogen functional groups attached to an aromatic ring is 2. The number of nitrogens with zero attached hydrogens (tertiary/aromatic N) is 5. The van der Waals surface area contributed by atoms with Crippen LogP contribution in [-0.4, -0.2) is 24.5 Å². The van der Waals surface area contributed by atoms with Crippen molar-refractivity contribution in [3.63, 3.8) is 0 Å². The zero-order valence-electron chi connectivity index (χ0n) is 16.0. The largest absolute Gasteiger partial charge is 0.382 e. The average molecular weight is 461 g/mol. The Morgan fingerprint density at radius 2 is 1.94 bits per heavy atom. The number of nitrogens with one attached hydrogen (secondary N) is 1. The zero-order valence-corrected chi connectivity index (χ0v) is 17.5. The summed E-state index contributed by atoms with van der Waals surface area (Å²) in [4.78, 5) is 29.6. The van der Waals surface area contributed by atoms with Gasteiger partial charge in [-0.05, 0) is 19.1 Å². The maximum Gasteiger partial charge on any atom is 0.267 e. The first-order valence-electron chi connectivity index (χ1n) is 8.93. The third-order valence-electron chi connectivity index (χ3n) is 4.46. The molecule has 3 aromatic heterocycles. The lowest BCUT2D eigenvalue weighted by Crippen LogP contribution is -2.28. The predicted molar refractivity (Wildman–Crippen MR) is 118 cm³/mol. The van der Waals surface area contributed by atoms with E-state index in [1.54, 1.807) is 25.1 Å². The van der Waals surface area contributed by atoms with Gasteiger partial charge in [0.25, 0.3) is 5.56 Å². The van der Waals surface area contributed by atoms with Gasteiger partial charge in [-0.2, -0.15) is 9.97 Å². The summed E-state index contributed by atoms with van der Waals surface area (Å²) in [5.74, 6) is -0.312. The van der Waals surface area contributed by atoms with Gasteiger partial charge in [-0.1, -0.05) is 29.3 Å². The average Bonchev–Trinajstić information content (AvgIpc) is 2.71. The summed E-state index contributed by atoms with van der Waals surface area (Å²) in [5.41, 5.74) is 11.5. The van der Waals surface area contributed by atoms with Crippen LogP contribution in [0.15, 0.2) is 41.5 Å². The van der Waals surface area contributed by atoms with Crippen LogP contribution in [0.25, 0.3) is 16.6 Å². The molecule has 9 nitrogen and oxygen atoms in total. The van der Waals surface area contributed by atoms with Crippen LogP contribution >= 0.6 is 23.2 Å². The molecule has 158 valence electrons. The third-order valence-corrected chi connectivity index (χ3v) is 5.14. The second-order valence-electron chi connectivity index (χ2n) is 6.60. The highest BCUT2D eigenvalue weighted by molar-refractivity contribution is 6.35. The lowest BCUT2D eigenvalue weighted by Gasteiger charge is -2.21. The highest BCUT2D eigenvalue weighted by Gasteiger charge is 2.21. The topological polar surface area (TPSA) is 138 Å². The maximum atomic E-state index is 13.9. The Balaban J connectivity index is 1.94. The van der Waals surface area contributed by atoms with Crippen LogP contribution in [0.4, 0.5) is 22.0 Å². The van der Waals surface area contributed by atoms with E-state index in [0.29, 0.717) is 5.52 Å². The van der Waals surface area contributed by atoms with Crippen molar-refractivity contribution in [2.45, 2.75) is 13.0 Å². The maximum absolute atomic E-state index is 13.9. The van der Waals surface area contributed by atoms with Crippen molar-refractivity contribution in [1.29, 1.82) is 0 Å². The number of fused-ring (bicyclic) bond motifs is 1. The first-order valence-corrected chi connectivity index (χ1v) is 9.69. The Morgan fingerprint density at radius 3 is 2.68 bits per heavy atom. The number of aromatic nitrogens is 5. The molecule has 0 amide bonds. The SMILES string of the molecule is C[C@H](Nc1nc(N)nc(N)c1Cl)c1nc2cccc(Cl)c2c(=O)n1-c1cncc(F)c1. The Morgan fingerprint density at radius 1 is 1.16 bits per heavy atom. The number of rotatable bonds is 4. The van der Waals surface area contributed by atoms with E-state index >= 15 is 0 Å². The number of pyridine rings is 1. The van der Waals surface area contributed by atoms with Crippen molar-refractivity contribution >= 4 is 51.7 Å². The van der Waals surface area contributed by atoms with Gasteiger partial charge in [0.15, 0.2) is 5.82 Å². The lowest BCUT2D eigenvalue weighted by atomic mass is 10.2. The fourth-order valence-electron chi connectivity index (χ4n) is 3.12. The minimum atomic E-state index is -0.648. The molecule has 0 saturated heterocycles. The summed E-state index contributed by atoms with van der Waals surface area (Å²) in [7, 11) is 0. The van der Waals surface area contributed by atoms with Gasteiger partial charge in [0, 0.05) is 6.07 Å². The number of halogens is 3. The quantitative estimate of drug-likeness (QED) is 0.421. The van der Waals surface area contributed by atoms with Crippen LogP contribution in [0.5, 0.6) is 0 Å². The molecule has 1 atom stereocenters. The van der Waals surface area contributed by atoms with Gasteiger partial charge < -0.3 is 16.8 Å². The van der Waals surface area contributed by atoms with E-state index in [-0.39, 0.29) is 44.5 Å². The summed E-state index contributed by atoms with van der Waals surface area (Å²) in [6.45, 7) is 1.71. The molecule has 12 heteroatoms. The second kappa shape index (κ2) is 7.97. The summed E-state index contributed by atoms with van der Waals surface area (Å²) < 4.78 is 15.1. The Labute approximate surface area is 184 Å². The molecule has 0 aliphatic rings. The van der Waals surface area contributed by atoms with Crippen LogP contribution < -0.4 is 22.3 Å². The number of hydrogen-bond donors (Lipinski definition) is 3. The predicted octanol–water partition coefficient (Wildman–Crippen LogP) is 3.35. The van der Waals surface area contributed by atoms with Crippen molar-refractivity contribution in [2.24, 2.45) is 0 Å². The van der Waals surface area contributed by atoms with Crippen LogP contribution in [0.2, 0.25) is 10.0 Å². The monoisotopic (exact) mass is 460 g/mol. The molecule has 0 saturated carbocycles. The minimum absolute atomic E-state index is 0.00570. The molecule has 0 fully saturated rings. The molecule has 0 bridgehead atoms. The van der Waals surface area contributed by atoms with Crippen molar-refractivity contribution < 1.29 is 4.39 Å². The van der Waals surface area contributed by atoms with Gasteiger partial charge in [0.05, 0.1) is 40.0 Å². The van der Waals surface area contributed by atoms with Crippen LogP contribution in [0.1, 0.15) is 18.8 Å². The Hall–Kier alpha value is -3.50. The fourth-order valence-corrected chi connectivity index (χ4v) is 3.51.